The molecule has 5 nitrogen and oxygen atoms in total. The number of hydrogen-bond donors (Lipinski definition) is 1. The number of nitrogens with zero attached hydrogens (tertiary/aromatic N) is 2. The molecule has 0 amide bonds. The van der Waals surface area contributed by atoms with Gasteiger partial charge in [0.2, 0.25) is 0 Å². The standard InChI is InChI=1S/C11H19N3O2S/c1-11(16-3)5-4-6-14(7-11)10-8(15-2)9(12)13-17-10/h4-7H2,1-3H3,(H2,12,13). The van der Waals surface area contributed by atoms with Crippen molar-refractivity contribution < 1.29 is 9.47 Å². The third-order valence-corrected chi connectivity index (χ3v) is 4.20. The predicted octanol–water partition coefficient (Wildman–Crippen LogP) is 1.74. The number of methoxy groups -OCH3 is 2. The van der Waals surface area contributed by atoms with E-state index in [4.69, 9.17) is 15.2 Å². The first kappa shape index (κ1) is 12.4. The topological polar surface area (TPSA) is 60.6 Å². The Kier molecular flexibility index (Phi) is 3.44. The van der Waals surface area contributed by atoms with Crippen LogP contribution in [-0.2, 0) is 4.74 Å². The average molecular weight is 257 g/mol. The second-order valence-corrected chi connectivity index (χ2v) is 5.34. The van der Waals surface area contributed by atoms with Crippen LogP contribution in [0, 0.1) is 0 Å². The van der Waals surface area contributed by atoms with E-state index < -0.39 is 0 Å². The number of nitrogen functional groups attached to an aromatic ring is 1. The molecule has 1 aromatic heterocycles. The van der Waals surface area contributed by atoms with E-state index in [1.165, 1.54) is 11.5 Å². The van der Waals surface area contributed by atoms with Gasteiger partial charge in [0, 0.05) is 20.2 Å². The molecule has 1 unspecified atom stereocenters. The maximum Gasteiger partial charge on any atom is 0.197 e. The Morgan fingerprint density at radius 1 is 1.47 bits per heavy atom. The molecule has 1 atom stereocenters. The molecule has 1 aliphatic heterocycles. The van der Waals surface area contributed by atoms with E-state index in [1.54, 1.807) is 14.2 Å². The van der Waals surface area contributed by atoms with E-state index in [2.05, 4.69) is 16.2 Å². The molecular formula is C11H19N3O2S. The summed E-state index contributed by atoms with van der Waals surface area (Å²) >= 11 is 1.39. The van der Waals surface area contributed by atoms with Crippen LogP contribution < -0.4 is 15.4 Å². The highest BCUT2D eigenvalue weighted by Crippen LogP contribution is 2.40. The second-order valence-electron chi connectivity index (χ2n) is 4.59. The summed E-state index contributed by atoms with van der Waals surface area (Å²) in [6.07, 6.45) is 2.18. The van der Waals surface area contributed by atoms with Gasteiger partial charge in [-0.15, -0.1) is 0 Å². The Balaban J connectivity index is 2.22. The summed E-state index contributed by atoms with van der Waals surface area (Å²) in [6, 6.07) is 0. The van der Waals surface area contributed by atoms with Crippen molar-refractivity contribution in [3.05, 3.63) is 0 Å². The van der Waals surface area contributed by atoms with E-state index in [0.29, 0.717) is 11.6 Å². The molecule has 2 heterocycles. The third kappa shape index (κ3) is 2.32. The molecule has 0 saturated carbocycles. The van der Waals surface area contributed by atoms with Crippen LogP contribution in [0.2, 0.25) is 0 Å². The van der Waals surface area contributed by atoms with Gasteiger partial charge in [0.1, 0.15) is 0 Å². The number of anilines is 2. The Morgan fingerprint density at radius 2 is 2.24 bits per heavy atom. The molecule has 0 radical (unpaired) electrons. The largest absolute Gasteiger partial charge is 0.490 e. The van der Waals surface area contributed by atoms with Crippen LogP contribution >= 0.6 is 11.5 Å². The lowest BCUT2D eigenvalue weighted by Crippen LogP contribution is -2.47. The zero-order valence-electron chi connectivity index (χ0n) is 10.5. The van der Waals surface area contributed by atoms with Crippen molar-refractivity contribution in [2.75, 3.05) is 37.9 Å². The van der Waals surface area contributed by atoms with Gasteiger partial charge in [0.05, 0.1) is 12.7 Å². The summed E-state index contributed by atoms with van der Waals surface area (Å²) in [5.74, 6) is 1.16. The van der Waals surface area contributed by atoms with Crippen molar-refractivity contribution in [2.45, 2.75) is 25.4 Å². The highest BCUT2D eigenvalue weighted by molar-refractivity contribution is 7.11. The van der Waals surface area contributed by atoms with Crippen LogP contribution in [0.5, 0.6) is 5.75 Å². The minimum atomic E-state index is -0.0952. The fraction of sp³-hybridized carbons (Fsp3) is 0.727. The molecule has 0 aliphatic carbocycles. The Morgan fingerprint density at radius 3 is 2.88 bits per heavy atom. The first-order valence-corrected chi connectivity index (χ1v) is 6.46. The SMILES string of the molecule is COc1c(N)nsc1N1CCCC(C)(OC)C1. The lowest BCUT2D eigenvalue weighted by atomic mass is 9.95. The summed E-state index contributed by atoms with van der Waals surface area (Å²) in [4.78, 5) is 2.25. The summed E-state index contributed by atoms with van der Waals surface area (Å²) < 4.78 is 15.0. The Bertz CT molecular complexity index is 396. The normalized spacial score (nSPS) is 25.0. The van der Waals surface area contributed by atoms with Crippen LogP contribution in [-0.4, -0.2) is 37.3 Å². The van der Waals surface area contributed by atoms with Crippen LogP contribution in [0.25, 0.3) is 0 Å². The van der Waals surface area contributed by atoms with Crippen molar-refractivity contribution in [3.8, 4) is 5.75 Å². The fourth-order valence-electron chi connectivity index (χ4n) is 2.22. The van der Waals surface area contributed by atoms with Gasteiger partial charge < -0.3 is 20.1 Å². The van der Waals surface area contributed by atoms with Crippen LogP contribution in [0.3, 0.4) is 0 Å². The van der Waals surface area contributed by atoms with Gasteiger partial charge in [0.15, 0.2) is 16.6 Å². The van der Waals surface area contributed by atoms with Crippen LogP contribution in [0.15, 0.2) is 0 Å². The number of hydrogen-bond acceptors (Lipinski definition) is 6. The van der Waals surface area contributed by atoms with Gasteiger partial charge >= 0.3 is 0 Å². The molecule has 0 spiro atoms. The lowest BCUT2D eigenvalue weighted by molar-refractivity contribution is -0.00457. The van der Waals surface area contributed by atoms with Gasteiger partial charge in [-0.3, -0.25) is 0 Å². The van der Waals surface area contributed by atoms with Crippen molar-refractivity contribution >= 4 is 22.4 Å². The zero-order chi connectivity index (χ0) is 12.5. The van der Waals surface area contributed by atoms with E-state index in [1.807, 2.05) is 0 Å². The summed E-state index contributed by atoms with van der Waals surface area (Å²) in [7, 11) is 3.39. The smallest absolute Gasteiger partial charge is 0.197 e. The first-order chi connectivity index (χ1) is 8.09. The Hall–Kier alpha value is -1.01. The van der Waals surface area contributed by atoms with E-state index >= 15 is 0 Å². The number of rotatable bonds is 3. The molecular weight excluding hydrogens is 238 g/mol. The minimum Gasteiger partial charge on any atom is -0.490 e. The molecule has 1 aromatic rings. The second kappa shape index (κ2) is 4.70. The highest BCUT2D eigenvalue weighted by Gasteiger charge is 2.33. The molecule has 2 N–H and O–H groups in total. The predicted molar refractivity (Wildman–Crippen MR) is 69.9 cm³/mol. The summed E-state index contributed by atoms with van der Waals surface area (Å²) in [6.45, 7) is 3.98. The number of ether oxygens (including phenoxy) is 2. The molecule has 1 saturated heterocycles. The van der Waals surface area contributed by atoms with Crippen molar-refractivity contribution in [1.29, 1.82) is 0 Å². The van der Waals surface area contributed by atoms with Gasteiger partial charge in [-0.2, -0.15) is 4.37 Å². The van der Waals surface area contributed by atoms with E-state index in [9.17, 15) is 0 Å². The van der Waals surface area contributed by atoms with Gasteiger partial charge in [0.25, 0.3) is 0 Å². The maximum absolute atomic E-state index is 5.78. The minimum absolute atomic E-state index is 0.0952. The van der Waals surface area contributed by atoms with Crippen LogP contribution in [0.1, 0.15) is 19.8 Å². The van der Waals surface area contributed by atoms with Crippen molar-refractivity contribution in [1.82, 2.24) is 4.37 Å². The monoisotopic (exact) mass is 257 g/mol. The molecule has 6 heteroatoms. The first-order valence-electron chi connectivity index (χ1n) is 5.69. The lowest BCUT2D eigenvalue weighted by Gasteiger charge is -2.39. The van der Waals surface area contributed by atoms with Crippen LogP contribution in [0.4, 0.5) is 10.8 Å². The zero-order valence-corrected chi connectivity index (χ0v) is 11.3. The molecule has 96 valence electrons. The molecule has 0 aromatic carbocycles. The fourth-order valence-corrected chi connectivity index (χ4v) is 3.03. The van der Waals surface area contributed by atoms with Crippen molar-refractivity contribution in [2.24, 2.45) is 0 Å². The molecule has 2 rings (SSSR count). The number of aromatic nitrogens is 1. The van der Waals surface area contributed by atoms with Crippen molar-refractivity contribution in [3.63, 3.8) is 0 Å². The maximum atomic E-state index is 5.78. The third-order valence-electron chi connectivity index (χ3n) is 3.30. The highest BCUT2D eigenvalue weighted by atomic mass is 32.1. The molecule has 1 aliphatic rings. The van der Waals surface area contributed by atoms with Gasteiger partial charge in [-0.1, -0.05) is 0 Å². The van der Waals surface area contributed by atoms with Gasteiger partial charge in [-0.05, 0) is 31.3 Å². The molecule has 17 heavy (non-hydrogen) atoms. The van der Waals surface area contributed by atoms with E-state index in [0.717, 1.165) is 30.9 Å². The molecule has 0 bridgehead atoms. The quantitative estimate of drug-likeness (QED) is 0.893. The Labute approximate surface area is 106 Å². The van der Waals surface area contributed by atoms with E-state index in [-0.39, 0.29) is 5.60 Å². The number of nitrogens with two attached hydrogens (primary N) is 1. The summed E-state index contributed by atoms with van der Waals surface area (Å²) in [5.41, 5.74) is 5.68. The number of piperidine rings is 1. The van der Waals surface area contributed by atoms with Gasteiger partial charge in [-0.25, -0.2) is 0 Å². The average Bonchev–Trinajstić information content (AvgIpc) is 2.70. The molecule has 1 fully saturated rings. The summed E-state index contributed by atoms with van der Waals surface area (Å²) in [5, 5.41) is 1.01.